The number of rotatable bonds is 1. The van der Waals surface area contributed by atoms with Gasteiger partial charge in [-0.25, -0.2) is 0 Å². The molecule has 1 N–H and O–H groups in total. The van der Waals surface area contributed by atoms with E-state index >= 15 is 0 Å². The lowest BCUT2D eigenvalue weighted by molar-refractivity contribution is -0.590. The van der Waals surface area contributed by atoms with Gasteiger partial charge in [-0.3, -0.25) is 10.1 Å². The predicted molar refractivity (Wildman–Crippen MR) is 49.3 cm³/mol. The van der Waals surface area contributed by atoms with Crippen molar-refractivity contribution < 1.29 is 10.0 Å². The molecule has 4 heteroatoms. The van der Waals surface area contributed by atoms with E-state index in [2.05, 4.69) is 0 Å². The Hall–Kier alpha value is -0.640. The van der Waals surface area contributed by atoms with Crippen LogP contribution in [0.2, 0.25) is 0 Å². The Balaban J connectivity index is 1.96. The molecule has 0 spiro atoms. The maximum absolute atomic E-state index is 11.1. The highest BCUT2D eigenvalue weighted by Gasteiger charge is 2.61. The topological polar surface area (TPSA) is 63.4 Å². The Labute approximate surface area is 82.5 Å². The molecule has 4 bridgehead atoms. The molecule has 0 aliphatic heterocycles. The van der Waals surface area contributed by atoms with E-state index in [1.54, 1.807) is 0 Å². The summed E-state index contributed by atoms with van der Waals surface area (Å²) in [6, 6.07) is 0. The first-order valence-corrected chi connectivity index (χ1v) is 5.43. The van der Waals surface area contributed by atoms with Gasteiger partial charge in [0.05, 0.1) is 6.10 Å². The fraction of sp³-hybridized carbons (Fsp3) is 1.00. The molecule has 5 atom stereocenters. The highest BCUT2D eigenvalue weighted by atomic mass is 16.6. The molecule has 0 aromatic rings. The van der Waals surface area contributed by atoms with E-state index in [9.17, 15) is 15.2 Å². The van der Waals surface area contributed by atoms with Crippen LogP contribution in [0.15, 0.2) is 0 Å². The maximum Gasteiger partial charge on any atom is 0.223 e. The molecule has 4 rings (SSSR count). The summed E-state index contributed by atoms with van der Waals surface area (Å²) in [5.41, 5.74) is -0.657. The second-order valence-electron chi connectivity index (χ2n) is 5.44. The molecule has 14 heavy (non-hydrogen) atoms. The Morgan fingerprint density at radius 2 is 1.79 bits per heavy atom. The van der Waals surface area contributed by atoms with E-state index in [-0.39, 0.29) is 22.9 Å². The summed E-state index contributed by atoms with van der Waals surface area (Å²) in [4.78, 5) is 11.0. The smallest absolute Gasteiger partial charge is 0.223 e. The van der Waals surface area contributed by atoms with E-state index in [4.69, 9.17) is 0 Å². The van der Waals surface area contributed by atoms with Gasteiger partial charge in [0.25, 0.3) is 0 Å². The van der Waals surface area contributed by atoms with Gasteiger partial charge in [0, 0.05) is 24.2 Å². The zero-order valence-electron chi connectivity index (χ0n) is 8.06. The summed E-state index contributed by atoms with van der Waals surface area (Å²) in [6.07, 6.45) is 3.79. The summed E-state index contributed by atoms with van der Waals surface area (Å²) in [5, 5.41) is 21.0. The van der Waals surface area contributed by atoms with Crippen molar-refractivity contribution in [2.45, 2.75) is 43.7 Å². The predicted octanol–water partition coefficient (Wildman–Crippen LogP) is 1.20. The number of nitro groups is 1. The summed E-state index contributed by atoms with van der Waals surface area (Å²) >= 11 is 0. The molecule has 4 aliphatic rings. The Kier molecular flexibility index (Phi) is 1.53. The molecule has 4 aliphatic carbocycles. The van der Waals surface area contributed by atoms with Crippen LogP contribution in [-0.2, 0) is 0 Å². The van der Waals surface area contributed by atoms with Crippen LogP contribution in [0.3, 0.4) is 0 Å². The molecular formula is C10H15NO3. The SMILES string of the molecule is O=[N+]([O-])C12CC3C[C@H](C1)C(O)[C@@H](C3)C2. The van der Waals surface area contributed by atoms with Crippen LogP contribution in [0.25, 0.3) is 0 Å². The Morgan fingerprint density at radius 1 is 1.21 bits per heavy atom. The van der Waals surface area contributed by atoms with Crippen LogP contribution < -0.4 is 0 Å². The third kappa shape index (κ3) is 0.922. The van der Waals surface area contributed by atoms with Crippen molar-refractivity contribution in [2.75, 3.05) is 0 Å². The second kappa shape index (κ2) is 2.48. The normalized spacial score (nSPS) is 54.9. The van der Waals surface area contributed by atoms with E-state index < -0.39 is 5.54 Å². The van der Waals surface area contributed by atoms with Gasteiger partial charge in [0.15, 0.2) is 0 Å². The molecule has 78 valence electrons. The van der Waals surface area contributed by atoms with Crippen molar-refractivity contribution in [3.8, 4) is 0 Å². The Bertz CT molecular complexity index is 275. The molecule has 4 saturated carbocycles. The third-order valence-corrected chi connectivity index (χ3v) is 4.58. The first-order chi connectivity index (χ1) is 6.61. The number of hydrogen-bond donors (Lipinski definition) is 1. The van der Waals surface area contributed by atoms with Crippen molar-refractivity contribution >= 4 is 0 Å². The van der Waals surface area contributed by atoms with Gasteiger partial charge in [-0.05, 0) is 30.6 Å². The summed E-state index contributed by atoms with van der Waals surface area (Å²) in [6.45, 7) is 0. The third-order valence-electron chi connectivity index (χ3n) is 4.58. The van der Waals surface area contributed by atoms with Crippen molar-refractivity contribution in [3.63, 3.8) is 0 Å². The quantitative estimate of drug-likeness (QED) is 0.507. The lowest BCUT2D eigenvalue weighted by Gasteiger charge is -2.53. The van der Waals surface area contributed by atoms with Gasteiger partial charge in [0.2, 0.25) is 5.54 Å². The number of aliphatic hydroxyl groups excluding tert-OH is 1. The van der Waals surface area contributed by atoms with Crippen LogP contribution >= 0.6 is 0 Å². The molecule has 0 aromatic carbocycles. The van der Waals surface area contributed by atoms with E-state index in [1.807, 2.05) is 0 Å². The van der Waals surface area contributed by atoms with Crippen molar-refractivity contribution in [1.82, 2.24) is 0 Å². The molecule has 0 amide bonds. The van der Waals surface area contributed by atoms with Crippen molar-refractivity contribution in [1.29, 1.82) is 0 Å². The zero-order valence-corrected chi connectivity index (χ0v) is 8.06. The second-order valence-corrected chi connectivity index (χ2v) is 5.44. The van der Waals surface area contributed by atoms with Crippen LogP contribution in [0.4, 0.5) is 0 Å². The lowest BCUT2D eigenvalue weighted by atomic mass is 9.52. The molecule has 0 aromatic heterocycles. The largest absolute Gasteiger partial charge is 0.393 e. The molecule has 4 nitrogen and oxygen atoms in total. The van der Waals surface area contributed by atoms with Crippen molar-refractivity contribution in [2.24, 2.45) is 17.8 Å². The standard InChI is InChI=1S/C10H15NO3/c12-9-7-1-6-2-8(9)5-10(3-6,4-7)11(13)14/h6-9,12H,1-5H2/t6?,7-,8+,9?,10?. The lowest BCUT2D eigenvalue weighted by Crippen LogP contribution is -2.60. The minimum absolute atomic E-state index is 0.0653. The summed E-state index contributed by atoms with van der Waals surface area (Å²) in [5.74, 6) is 0.944. The minimum Gasteiger partial charge on any atom is -0.393 e. The minimum atomic E-state index is -0.657. The van der Waals surface area contributed by atoms with Crippen LogP contribution in [0.5, 0.6) is 0 Å². The van der Waals surface area contributed by atoms with Gasteiger partial charge < -0.3 is 5.11 Å². The number of nitrogens with zero attached hydrogens (tertiary/aromatic N) is 1. The van der Waals surface area contributed by atoms with E-state index in [0.29, 0.717) is 18.8 Å². The first-order valence-electron chi connectivity index (χ1n) is 5.43. The van der Waals surface area contributed by atoms with Crippen LogP contribution in [0.1, 0.15) is 32.1 Å². The highest BCUT2D eigenvalue weighted by molar-refractivity contribution is 5.05. The van der Waals surface area contributed by atoms with Gasteiger partial charge in [-0.15, -0.1) is 0 Å². The zero-order chi connectivity index (χ0) is 9.92. The molecule has 0 heterocycles. The number of hydrogen-bond acceptors (Lipinski definition) is 3. The van der Waals surface area contributed by atoms with Gasteiger partial charge >= 0.3 is 0 Å². The van der Waals surface area contributed by atoms with Gasteiger partial charge in [-0.1, -0.05) is 0 Å². The van der Waals surface area contributed by atoms with Crippen molar-refractivity contribution in [3.05, 3.63) is 10.1 Å². The fourth-order valence-corrected chi connectivity index (χ4v) is 4.18. The van der Waals surface area contributed by atoms with E-state index in [0.717, 1.165) is 19.3 Å². The number of aliphatic hydroxyl groups is 1. The first kappa shape index (κ1) is 8.65. The molecular weight excluding hydrogens is 182 g/mol. The molecule has 3 unspecified atom stereocenters. The van der Waals surface area contributed by atoms with Crippen LogP contribution in [-0.4, -0.2) is 21.7 Å². The molecule has 0 radical (unpaired) electrons. The average Bonchev–Trinajstić information content (AvgIpc) is 2.12. The van der Waals surface area contributed by atoms with Gasteiger partial charge in [0.1, 0.15) is 0 Å². The van der Waals surface area contributed by atoms with Crippen LogP contribution in [0, 0.1) is 27.9 Å². The maximum atomic E-state index is 11.1. The van der Waals surface area contributed by atoms with Gasteiger partial charge in [-0.2, -0.15) is 0 Å². The average molecular weight is 197 g/mol. The van der Waals surface area contributed by atoms with E-state index in [1.165, 1.54) is 0 Å². The highest BCUT2D eigenvalue weighted by Crippen LogP contribution is 2.56. The Morgan fingerprint density at radius 3 is 2.29 bits per heavy atom. The fourth-order valence-electron chi connectivity index (χ4n) is 4.18. The molecule has 0 saturated heterocycles. The summed E-state index contributed by atoms with van der Waals surface area (Å²) in [7, 11) is 0. The summed E-state index contributed by atoms with van der Waals surface area (Å²) < 4.78 is 0. The monoisotopic (exact) mass is 197 g/mol. The molecule has 4 fully saturated rings.